The number of hydrogen-bond acceptors (Lipinski definition) is 5. The van der Waals surface area contributed by atoms with Crippen LogP contribution in [0.3, 0.4) is 0 Å². The quantitative estimate of drug-likeness (QED) is 0.856. The highest BCUT2D eigenvalue weighted by atomic mass is 16.5. The van der Waals surface area contributed by atoms with Crippen molar-refractivity contribution in [2.24, 2.45) is 5.10 Å². The van der Waals surface area contributed by atoms with Gasteiger partial charge in [0.25, 0.3) is 5.91 Å². The first-order valence-electron chi connectivity index (χ1n) is 6.03. The van der Waals surface area contributed by atoms with Crippen LogP contribution in [0, 0.1) is 0 Å². The molecule has 0 aromatic heterocycles. The van der Waals surface area contributed by atoms with Crippen LogP contribution in [0.4, 0.5) is 5.69 Å². The van der Waals surface area contributed by atoms with Gasteiger partial charge in [0.1, 0.15) is 17.2 Å². The molecule has 1 aromatic carbocycles. The van der Waals surface area contributed by atoms with E-state index in [2.05, 4.69) is 15.8 Å². The summed E-state index contributed by atoms with van der Waals surface area (Å²) >= 11 is 0. The largest absolute Gasteiger partial charge is 0.497 e. The Morgan fingerprint density at radius 1 is 1.30 bits per heavy atom. The fourth-order valence-electron chi connectivity index (χ4n) is 1.74. The predicted octanol–water partition coefficient (Wildman–Crippen LogP) is 0.908. The van der Waals surface area contributed by atoms with Crippen LogP contribution in [0.25, 0.3) is 0 Å². The SMILES string of the molecule is COc1ccc(OC)c(NC(=O)C2=NNC(=O)CC2)c1. The lowest BCUT2D eigenvalue weighted by Gasteiger charge is -2.14. The van der Waals surface area contributed by atoms with Gasteiger partial charge in [-0.2, -0.15) is 5.10 Å². The number of carbonyl (C=O) groups excluding carboxylic acids is 2. The van der Waals surface area contributed by atoms with E-state index in [0.29, 0.717) is 23.6 Å². The first-order chi connectivity index (χ1) is 9.63. The third-order valence-electron chi connectivity index (χ3n) is 2.82. The summed E-state index contributed by atoms with van der Waals surface area (Å²) in [7, 11) is 3.05. The first-order valence-corrected chi connectivity index (χ1v) is 6.03. The van der Waals surface area contributed by atoms with Crippen molar-refractivity contribution in [1.29, 1.82) is 0 Å². The van der Waals surface area contributed by atoms with Crippen LogP contribution in [0.2, 0.25) is 0 Å². The standard InChI is InChI=1S/C13H15N3O4/c1-19-8-3-5-11(20-2)10(7-8)14-13(18)9-4-6-12(17)16-15-9/h3,5,7H,4,6H2,1-2H3,(H,14,18)(H,16,17). The Bertz CT molecular complexity index is 569. The van der Waals surface area contributed by atoms with Crippen LogP contribution in [0.1, 0.15) is 12.8 Å². The van der Waals surface area contributed by atoms with E-state index in [9.17, 15) is 9.59 Å². The lowest BCUT2D eigenvalue weighted by atomic mass is 10.1. The summed E-state index contributed by atoms with van der Waals surface area (Å²) in [6.07, 6.45) is 0.561. The molecule has 0 spiro atoms. The molecule has 0 saturated carbocycles. The Morgan fingerprint density at radius 3 is 2.70 bits per heavy atom. The summed E-state index contributed by atoms with van der Waals surface area (Å²) in [6, 6.07) is 5.07. The zero-order chi connectivity index (χ0) is 14.5. The maximum Gasteiger partial charge on any atom is 0.271 e. The third kappa shape index (κ3) is 3.05. The van der Waals surface area contributed by atoms with Gasteiger partial charge in [-0.05, 0) is 12.1 Å². The van der Waals surface area contributed by atoms with Gasteiger partial charge in [-0.3, -0.25) is 9.59 Å². The molecule has 1 aromatic rings. The van der Waals surface area contributed by atoms with E-state index in [1.165, 1.54) is 14.2 Å². The number of amides is 2. The molecule has 1 aliphatic heterocycles. The molecule has 2 amide bonds. The lowest BCUT2D eigenvalue weighted by Crippen LogP contribution is -2.32. The molecule has 0 atom stereocenters. The van der Waals surface area contributed by atoms with Crippen molar-refractivity contribution in [3.8, 4) is 11.5 Å². The molecule has 7 heteroatoms. The van der Waals surface area contributed by atoms with Gasteiger partial charge in [0.05, 0.1) is 19.9 Å². The lowest BCUT2D eigenvalue weighted by molar-refractivity contribution is -0.121. The maximum atomic E-state index is 12.1. The first kappa shape index (κ1) is 13.9. The number of rotatable bonds is 4. The topological polar surface area (TPSA) is 89.0 Å². The number of methoxy groups -OCH3 is 2. The summed E-state index contributed by atoms with van der Waals surface area (Å²) in [5.74, 6) is 0.539. The number of nitrogens with zero attached hydrogens (tertiary/aromatic N) is 1. The molecule has 0 radical (unpaired) electrons. The molecule has 2 N–H and O–H groups in total. The molecule has 20 heavy (non-hydrogen) atoms. The Balaban J connectivity index is 2.16. The van der Waals surface area contributed by atoms with Gasteiger partial charge in [0, 0.05) is 18.9 Å². The van der Waals surface area contributed by atoms with E-state index in [1.54, 1.807) is 18.2 Å². The van der Waals surface area contributed by atoms with E-state index in [4.69, 9.17) is 9.47 Å². The van der Waals surface area contributed by atoms with Gasteiger partial charge >= 0.3 is 0 Å². The molecule has 1 heterocycles. The number of anilines is 1. The Kier molecular flexibility index (Phi) is 4.19. The van der Waals surface area contributed by atoms with Gasteiger partial charge in [0.2, 0.25) is 5.91 Å². The zero-order valence-corrected chi connectivity index (χ0v) is 11.2. The van der Waals surface area contributed by atoms with Gasteiger partial charge in [0.15, 0.2) is 0 Å². The van der Waals surface area contributed by atoms with Crippen molar-refractivity contribution < 1.29 is 19.1 Å². The van der Waals surface area contributed by atoms with Crippen molar-refractivity contribution in [3.05, 3.63) is 18.2 Å². The normalized spacial score (nSPS) is 14.1. The van der Waals surface area contributed by atoms with E-state index in [0.717, 1.165) is 0 Å². The zero-order valence-electron chi connectivity index (χ0n) is 11.2. The van der Waals surface area contributed by atoms with Gasteiger partial charge in [-0.15, -0.1) is 0 Å². The minimum absolute atomic E-state index is 0.194. The maximum absolute atomic E-state index is 12.1. The fourth-order valence-corrected chi connectivity index (χ4v) is 1.74. The number of ether oxygens (including phenoxy) is 2. The fraction of sp³-hybridized carbons (Fsp3) is 0.308. The predicted molar refractivity (Wildman–Crippen MR) is 73.0 cm³/mol. The Hall–Kier alpha value is -2.57. The average molecular weight is 277 g/mol. The molecule has 0 unspecified atom stereocenters. The molecule has 1 aliphatic rings. The molecule has 106 valence electrons. The highest BCUT2D eigenvalue weighted by Gasteiger charge is 2.19. The Labute approximate surface area is 115 Å². The summed E-state index contributed by atoms with van der Waals surface area (Å²) in [5, 5.41) is 6.43. The second kappa shape index (κ2) is 6.05. The van der Waals surface area contributed by atoms with Crippen molar-refractivity contribution in [2.75, 3.05) is 19.5 Å². The monoisotopic (exact) mass is 277 g/mol. The van der Waals surface area contributed by atoms with Gasteiger partial charge < -0.3 is 14.8 Å². The van der Waals surface area contributed by atoms with Crippen molar-refractivity contribution in [3.63, 3.8) is 0 Å². The van der Waals surface area contributed by atoms with Crippen LogP contribution < -0.4 is 20.2 Å². The van der Waals surface area contributed by atoms with Crippen LogP contribution in [0.15, 0.2) is 23.3 Å². The van der Waals surface area contributed by atoms with E-state index in [1.807, 2.05) is 0 Å². The van der Waals surface area contributed by atoms with Crippen molar-refractivity contribution >= 4 is 23.2 Å². The molecule has 0 bridgehead atoms. The molecule has 0 aliphatic carbocycles. The van der Waals surface area contributed by atoms with Crippen molar-refractivity contribution in [2.45, 2.75) is 12.8 Å². The highest BCUT2D eigenvalue weighted by molar-refractivity contribution is 6.43. The van der Waals surface area contributed by atoms with Gasteiger partial charge in [-0.25, -0.2) is 5.43 Å². The molecule has 0 saturated heterocycles. The molecule has 2 rings (SSSR count). The summed E-state index contributed by atoms with van der Waals surface area (Å²) in [6.45, 7) is 0. The van der Waals surface area contributed by atoms with E-state index < -0.39 is 0 Å². The van der Waals surface area contributed by atoms with Gasteiger partial charge in [-0.1, -0.05) is 0 Å². The molecule has 7 nitrogen and oxygen atoms in total. The number of benzene rings is 1. The second-order valence-corrected chi connectivity index (χ2v) is 4.11. The van der Waals surface area contributed by atoms with Crippen LogP contribution >= 0.6 is 0 Å². The summed E-state index contributed by atoms with van der Waals surface area (Å²) in [5.41, 5.74) is 3.04. The Morgan fingerprint density at radius 2 is 2.10 bits per heavy atom. The number of hydrazone groups is 1. The molecular formula is C13H15N3O4. The van der Waals surface area contributed by atoms with Crippen molar-refractivity contribution in [1.82, 2.24) is 5.43 Å². The number of carbonyl (C=O) groups is 2. The second-order valence-electron chi connectivity index (χ2n) is 4.11. The van der Waals surface area contributed by atoms with E-state index >= 15 is 0 Å². The highest BCUT2D eigenvalue weighted by Crippen LogP contribution is 2.28. The smallest absolute Gasteiger partial charge is 0.271 e. The van der Waals surface area contributed by atoms with Crippen LogP contribution in [-0.4, -0.2) is 31.7 Å². The summed E-state index contributed by atoms with van der Waals surface area (Å²) in [4.78, 5) is 23.0. The summed E-state index contributed by atoms with van der Waals surface area (Å²) < 4.78 is 10.3. The number of hydrogen-bond donors (Lipinski definition) is 2. The molecular weight excluding hydrogens is 262 g/mol. The third-order valence-corrected chi connectivity index (χ3v) is 2.82. The van der Waals surface area contributed by atoms with Crippen LogP contribution in [-0.2, 0) is 9.59 Å². The average Bonchev–Trinajstić information content (AvgIpc) is 2.47. The minimum atomic E-state index is -0.378. The van der Waals surface area contributed by atoms with E-state index in [-0.39, 0.29) is 23.9 Å². The minimum Gasteiger partial charge on any atom is -0.497 e. The number of nitrogens with one attached hydrogen (secondary N) is 2. The van der Waals surface area contributed by atoms with Crippen LogP contribution in [0.5, 0.6) is 11.5 Å². The molecule has 0 fully saturated rings.